The zero-order valence-electron chi connectivity index (χ0n) is 32.0. The Hall–Kier alpha value is -2.62. The van der Waals surface area contributed by atoms with E-state index in [1.807, 2.05) is 0 Å². The van der Waals surface area contributed by atoms with Crippen molar-refractivity contribution in [3.8, 4) is 0 Å². The maximum Gasteiger partial charge on any atom is 0.315 e. The number of rotatable bonds is 11. The molecule has 2 N–H and O–H groups in total. The number of carboxylic acids is 1. The predicted molar refractivity (Wildman–Crippen MR) is 201 cm³/mol. The van der Waals surface area contributed by atoms with Crippen LogP contribution in [0.2, 0.25) is 0 Å². The second kappa shape index (κ2) is 13.5. The number of halogens is 1. The summed E-state index contributed by atoms with van der Waals surface area (Å²) >= 11 is 0. The molecule has 2 aromatic rings. The Morgan fingerprint density at radius 2 is 1.89 bits per heavy atom. The second-order valence-corrected chi connectivity index (χ2v) is 18.9. The van der Waals surface area contributed by atoms with Crippen molar-refractivity contribution in [3.63, 3.8) is 0 Å². The fourth-order valence-corrected chi connectivity index (χ4v) is 14.3. The molecule has 0 radical (unpaired) electrons. The van der Waals surface area contributed by atoms with Crippen molar-refractivity contribution in [2.75, 3.05) is 32.7 Å². The van der Waals surface area contributed by atoms with Gasteiger partial charge < -0.3 is 29.4 Å². The maximum atomic E-state index is 14.2. The van der Waals surface area contributed by atoms with Crippen LogP contribution in [0.4, 0.5) is 4.39 Å². The van der Waals surface area contributed by atoms with Gasteiger partial charge in [-0.15, -0.1) is 0 Å². The van der Waals surface area contributed by atoms with Gasteiger partial charge in [-0.05, 0) is 105 Å². The Balaban J connectivity index is 0.919. The van der Waals surface area contributed by atoms with Gasteiger partial charge in [0.05, 0.1) is 23.3 Å². The molecule has 7 aliphatic rings. The number of hydrogen-bond donors (Lipinski definition) is 2. The lowest BCUT2D eigenvalue weighted by Gasteiger charge is -2.60. The van der Waals surface area contributed by atoms with E-state index in [0.717, 1.165) is 94.2 Å². The van der Waals surface area contributed by atoms with Crippen LogP contribution in [-0.2, 0) is 14.3 Å². The lowest BCUT2D eigenvalue weighted by Crippen LogP contribution is -2.65. The van der Waals surface area contributed by atoms with Crippen molar-refractivity contribution >= 4 is 23.2 Å². The highest BCUT2D eigenvalue weighted by Gasteiger charge is 2.86. The Kier molecular flexibility index (Phi) is 9.21. The number of likely N-dealkylation sites (tertiary alicyclic amines) is 1. The van der Waals surface area contributed by atoms with Gasteiger partial charge in [0.25, 0.3) is 0 Å². The number of nitrogens with one attached hydrogen (secondary N) is 1. The second-order valence-electron chi connectivity index (χ2n) is 18.9. The minimum Gasteiger partial charge on any atom is -0.481 e. The highest BCUT2D eigenvalue weighted by Crippen LogP contribution is 2.84. The first-order chi connectivity index (χ1) is 25.6. The molecule has 4 bridgehead atoms. The van der Waals surface area contributed by atoms with E-state index in [4.69, 9.17) is 9.26 Å². The predicted octanol–water partition coefficient (Wildman–Crippen LogP) is 8.01. The third-order valence-corrected chi connectivity index (χ3v) is 16.5. The topological polar surface area (TPSA) is 105 Å². The van der Waals surface area contributed by atoms with Crippen molar-refractivity contribution in [2.24, 2.45) is 57.7 Å². The molecule has 10 atom stereocenters. The normalized spacial score (nSPS) is 40.3. The molecule has 4 saturated carbocycles. The Bertz CT molecular complexity index is 1740. The highest BCUT2D eigenvalue weighted by atomic mass is 19.1. The number of aliphatic carboxylic acids is 1. The van der Waals surface area contributed by atoms with Crippen LogP contribution in [0.5, 0.6) is 0 Å². The van der Waals surface area contributed by atoms with Gasteiger partial charge in [0.2, 0.25) is 0 Å². The molecule has 8 nitrogen and oxygen atoms in total. The molecular weight excluding hydrogens is 669 g/mol. The zero-order valence-corrected chi connectivity index (χ0v) is 32.0. The van der Waals surface area contributed by atoms with Gasteiger partial charge in [-0.25, -0.2) is 4.39 Å². The molecule has 0 spiro atoms. The van der Waals surface area contributed by atoms with Crippen LogP contribution in [0.3, 0.4) is 0 Å². The average molecular weight is 730 g/mol. The third-order valence-electron chi connectivity index (χ3n) is 16.5. The molecule has 1 aromatic heterocycles. The molecule has 9 heteroatoms. The van der Waals surface area contributed by atoms with Crippen LogP contribution in [0.15, 0.2) is 34.4 Å². The Morgan fingerprint density at radius 3 is 2.62 bits per heavy atom. The number of carbonyl (C=O) groups excluding carboxylic acids is 1. The fraction of sp³-hybridized carbons (Fsp3) is 0.750. The van der Waals surface area contributed by atoms with E-state index in [1.165, 1.54) is 44.2 Å². The molecular formula is C44H60FN3O5. The molecule has 2 saturated heterocycles. The molecule has 3 heterocycles. The summed E-state index contributed by atoms with van der Waals surface area (Å²) in [6, 6.07) is 4.70. The van der Waals surface area contributed by atoms with Crippen LogP contribution in [-0.4, -0.2) is 72.4 Å². The van der Waals surface area contributed by atoms with Crippen LogP contribution < -0.4 is 5.32 Å². The van der Waals surface area contributed by atoms with Gasteiger partial charge in [0.1, 0.15) is 17.5 Å². The minimum atomic E-state index is -1.18. The summed E-state index contributed by atoms with van der Waals surface area (Å²) in [6.07, 6.45) is 16.2. The minimum absolute atomic E-state index is 0.0474. The smallest absolute Gasteiger partial charge is 0.315 e. The van der Waals surface area contributed by atoms with Gasteiger partial charge in [-0.1, -0.05) is 76.1 Å². The van der Waals surface area contributed by atoms with Crippen LogP contribution in [0, 0.1) is 63.5 Å². The molecule has 6 fully saturated rings. The SMILES string of the molecule is CC(C)C1=CC2CC3(C=O)[C@@H]4CC[C@@H](C)[C@H]4CC2([C@H]2CC(C4CCCCC4)[C@H](CNCCN4CCC(c5noc6cc(F)ccc56)CC4)O2)[C@]13C(=O)O. The van der Waals surface area contributed by atoms with Gasteiger partial charge in [-0.2, -0.15) is 0 Å². The molecule has 288 valence electrons. The molecule has 4 unspecified atom stereocenters. The fourth-order valence-electron chi connectivity index (χ4n) is 14.3. The monoisotopic (exact) mass is 729 g/mol. The van der Waals surface area contributed by atoms with Crippen LogP contribution in [0.1, 0.15) is 109 Å². The van der Waals surface area contributed by atoms with Crippen molar-refractivity contribution < 1.29 is 28.3 Å². The summed E-state index contributed by atoms with van der Waals surface area (Å²) in [4.78, 5) is 30.4. The first-order valence-corrected chi connectivity index (χ1v) is 21.2. The van der Waals surface area contributed by atoms with Gasteiger partial charge in [0.15, 0.2) is 5.58 Å². The highest BCUT2D eigenvalue weighted by molar-refractivity contribution is 5.90. The quantitative estimate of drug-likeness (QED) is 0.136. The van der Waals surface area contributed by atoms with E-state index in [1.54, 1.807) is 6.07 Å². The Labute approximate surface area is 314 Å². The summed E-state index contributed by atoms with van der Waals surface area (Å²) in [5.74, 6) is 1.42. The maximum absolute atomic E-state index is 14.2. The van der Waals surface area contributed by atoms with E-state index < -0.39 is 22.2 Å². The summed E-state index contributed by atoms with van der Waals surface area (Å²) < 4.78 is 26.6. The van der Waals surface area contributed by atoms with Crippen molar-refractivity contribution in [3.05, 3.63) is 41.4 Å². The van der Waals surface area contributed by atoms with Crippen molar-refractivity contribution in [1.82, 2.24) is 15.4 Å². The van der Waals surface area contributed by atoms with E-state index in [-0.39, 0.29) is 35.8 Å². The van der Waals surface area contributed by atoms with Gasteiger partial charge in [0, 0.05) is 42.4 Å². The molecule has 1 aromatic carbocycles. The molecule has 53 heavy (non-hydrogen) atoms. The first-order valence-electron chi connectivity index (χ1n) is 21.2. The summed E-state index contributed by atoms with van der Waals surface area (Å²) in [5, 5.41) is 20.7. The number of aromatic nitrogens is 1. The van der Waals surface area contributed by atoms with Gasteiger partial charge in [-0.3, -0.25) is 4.79 Å². The Morgan fingerprint density at radius 1 is 1.09 bits per heavy atom. The number of aldehydes is 1. The van der Waals surface area contributed by atoms with Gasteiger partial charge >= 0.3 is 5.97 Å². The van der Waals surface area contributed by atoms with Crippen molar-refractivity contribution in [2.45, 2.75) is 116 Å². The summed E-state index contributed by atoms with van der Waals surface area (Å²) in [5.41, 5.74) is -0.118. The number of piperidine rings is 1. The van der Waals surface area contributed by atoms with Crippen LogP contribution in [0.25, 0.3) is 11.0 Å². The zero-order chi connectivity index (χ0) is 36.7. The van der Waals surface area contributed by atoms with E-state index in [2.05, 4.69) is 42.2 Å². The molecule has 5 aliphatic carbocycles. The summed E-state index contributed by atoms with van der Waals surface area (Å²) in [6.45, 7) is 11.2. The third kappa shape index (κ3) is 5.17. The number of nitrogens with zero attached hydrogens (tertiary/aromatic N) is 2. The number of ether oxygens (including phenoxy) is 1. The number of allylic oxidation sites excluding steroid dienone is 1. The first kappa shape index (κ1) is 36.0. The van der Waals surface area contributed by atoms with Crippen molar-refractivity contribution in [1.29, 1.82) is 0 Å². The number of hydrogen-bond acceptors (Lipinski definition) is 7. The number of fused-ring (bicyclic) bond motifs is 3. The van der Waals surface area contributed by atoms with E-state index >= 15 is 0 Å². The average Bonchev–Trinajstić information content (AvgIpc) is 3.96. The van der Waals surface area contributed by atoms with E-state index in [0.29, 0.717) is 41.6 Å². The number of benzene rings is 1. The summed E-state index contributed by atoms with van der Waals surface area (Å²) in [7, 11) is 0. The number of carboxylic acid groups (broad SMARTS) is 1. The lowest BCUT2D eigenvalue weighted by atomic mass is 9.41. The molecule has 2 aliphatic heterocycles. The number of carbonyl (C=O) groups is 2. The molecule has 0 amide bonds. The molecule has 9 rings (SSSR count). The lowest BCUT2D eigenvalue weighted by molar-refractivity contribution is -0.197. The largest absolute Gasteiger partial charge is 0.481 e. The standard InChI is InChI=1S/C44H60FN3O5/c1-26(2)36-19-30-22-42(25-49)35-12-9-27(3)34(35)23-43(30,44(36,42)41(50)51)39-21-33(28-7-5-4-6-8-28)38(52-39)24-46-15-18-48-16-13-29(14-17-48)40-32-11-10-31(45)20-37(32)53-47-40/h10-11,19-20,25-30,33-35,38-39,46H,4-9,12-18,21-24H2,1-3H3,(H,50,51)/t27-,30?,33?,34-,35-,38+,39-,42?,43?,44+/m1/s1. The van der Waals surface area contributed by atoms with E-state index in [9.17, 15) is 19.1 Å². The van der Waals surface area contributed by atoms with Crippen LogP contribution >= 0.6 is 0 Å².